The molecule has 0 unspecified atom stereocenters. The third-order valence-corrected chi connectivity index (χ3v) is 6.29. The number of amides is 1. The number of nitrogens with zero attached hydrogens (tertiary/aromatic N) is 1. The van der Waals surface area contributed by atoms with E-state index in [0.717, 1.165) is 22.6 Å². The topological polar surface area (TPSA) is 69.6 Å². The fraction of sp³-hybridized carbons (Fsp3) is 0.211. The van der Waals surface area contributed by atoms with E-state index in [1.165, 1.54) is 34.1 Å². The van der Waals surface area contributed by atoms with Gasteiger partial charge in [0.25, 0.3) is 5.91 Å². The monoisotopic (exact) mass is 454 g/mol. The predicted octanol–water partition coefficient (Wildman–Crippen LogP) is 3.96. The van der Waals surface area contributed by atoms with Crippen LogP contribution in [0.5, 0.6) is 0 Å². The van der Waals surface area contributed by atoms with Crippen molar-refractivity contribution in [1.82, 2.24) is 10.2 Å². The van der Waals surface area contributed by atoms with Gasteiger partial charge in [0, 0.05) is 11.4 Å². The summed E-state index contributed by atoms with van der Waals surface area (Å²) in [6, 6.07) is 5.53. The zero-order chi connectivity index (χ0) is 21.0. The van der Waals surface area contributed by atoms with Crippen LogP contribution >= 0.6 is 35.3 Å². The summed E-state index contributed by atoms with van der Waals surface area (Å²) in [6.45, 7) is 0.737. The van der Waals surface area contributed by atoms with Gasteiger partial charge in [-0.2, -0.15) is 0 Å². The number of benzene rings is 1. The fourth-order valence-electron chi connectivity index (χ4n) is 2.64. The van der Waals surface area contributed by atoms with E-state index in [1.807, 2.05) is 5.38 Å². The number of carboxylic acids is 1. The second-order valence-electron chi connectivity index (χ2n) is 6.12. The first kappa shape index (κ1) is 21.6. The van der Waals surface area contributed by atoms with Crippen molar-refractivity contribution in [2.75, 3.05) is 19.6 Å². The number of rotatable bonds is 8. The Hall–Kier alpha value is -2.14. The fourth-order valence-corrected chi connectivity index (χ4v) is 4.86. The standard InChI is InChI=1S/C19H16F2N2O3S3/c20-14-3-2-11(7-15(14)21)12-6-13(28-10-12)8-16-18(26)23(19(27)29-16)5-1-4-22-9-17(24)25/h2-3,6-8,10,22H,1,4-5,9H2,(H,24,25)/b16-8-. The number of thioether (sulfide) groups is 1. The summed E-state index contributed by atoms with van der Waals surface area (Å²) in [5.74, 6) is -2.93. The highest BCUT2D eigenvalue weighted by atomic mass is 32.2. The van der Waals surface area contributed by atoms with Crippen LogP contribution in [0.3, 0.4) is 0 Å². The molecule has 29 heavy (non-hydrogen) atoms. The van der Waals surface area contributed by atoms with E-state index in [2.05, 4.69) is 5.32 Å². The molecule has 2 aromatic rings. The zero-order valence-electron chi connectivity index (χ0n) is 15.0. The molecule has 5 nitrogen and oxygen atoms in total. The van der Waals surface area contributed by atoms with Crippen molar-refractivity contribution in [3.05, 3.63) is 51.1 Å². The highest BCUT2D eigenvalue weighted by molar-refractivity contribution is 8.26. The number of carbonyl (C=O) groups excluding carboxylic acids is 1. The minimum atomic E-state index is -0.933. The van der Waals surface area contributed by atoms with Gasteiger partial charge in [0.1, 0.15) is 4.32 Å². The molecule has 1 aliphatic rings. The highest BCUT2D eigenvalue weighted by Crippen LogP contribution is 2.35. The van der Waals surface area contributed by atoms with Gasteiger partial charge in [0.15, 0.2) is 11.6 Å². The van der Waals surface area contributed by atoms with Crippen molar-refractivity contribution in [2.24, 2.45) is 0 Å². The number of thiophene rings is 1. The van der Waals surface area contributed by atoms with Gasteiger partial charge in [-0.25, -0.2) is 8.78 Å². The average Bonchev–Trinajstić information content (AvgIpc) is 3.23. The van der Waals surface area contributed by atoms with Crippen LogP contribution in [0.4, 0.5) is 8.78 Å². The Morgan fingerprint density at radius 1 is 1.24 bits per heavy atom. The number of carboxylic acid groups (broad SMARTS) is 1. The maximum atomic E-state index is 13.4. The van der Waals surface area contributed by atoms with Crippen LogP contribution < -0.4 is 5.32 Å². The second-order valence-corrected chi connectivity index (χ2v) is 8.74. The molecular formula is C19H16F2N2O3S3. The third kappa shape index (κ3) is 5.47. The molecule has 0 saturated carbocycles. The van der Waals surface area contributed by atoms with E-state index in [-0.39, 0.29) is 12.5 Å². The Morgan fingerprint density at radius 2 is 2.03 bits per heavy atom. The lowest BCUT2D eigenvalue weighted by atomic mass is 10.1. The summed E-state index contributed by atoms with van der Waals surface area (Å²) in [5, 5.41) is 13.2. The lowest BCUT2D eigenvalue weighted by Gasteiger charge is -2.14. The number of halogens is 2. The highest BCUT2D eigenvalue weighted by Gasteiger charge is 2.31. The summed E-state index contributed by atoms with van der Waals surface area (Å²) in [5.41, 5.74) is 1.29. The van der Waals surface area contributed by atoms with Crippen molar-refractivity contribution in [2.45, 2.75) is 6.42 Å². The van der Waals surface area contributed by atoms with Gasteiger partial charge < -0.3 is 10.4 Å². The first-order chi connectivity index (χ1) is 13.8. The lowest BCUT2D eigenvalue weighted by molar-refractivity contribution is -0.136. The largest absolute Gasteiger partial charge is 0.480 e. The Balaban J connectivity index is 1.64. The van der Waals surface area contributed by atoms with Crippen LogP contribution in [-0.4, -0.2) is 45.8 Å². The van der Waals surface area contributed by atoms with E-state index in [0.29, 0.717) is 34.3 Å². The molecule has 0 spiro atoms. The minimum absolute atomic E-state index is 0.128. The quantitative estimate of drug-likeness (QED) is 0.358. The van der Waals surface area contributed by atoms with E-state index >= 15 is 0 Å². The van der Waals surface area contributed by atoms with Gasteiger partial charge >= 0.3 is 5.97 Å². The molecular weight excluding hydrogens is 438 g/mol. The molecule has 0 bridgehead atoms. The lowest BCUT2D eigenvalue weighted by Crippen LogP contribution is -2.32. The molecule has 0 aliphatic carbocycles. The predicted molar refractivity (Wildman–Crippen MR) is 115 cm³/mol. The van der Waals surface area contributed by atoms with Crippen LogP contribution in [0.15, 0.2) is 34.6 Å². The van der Waals surface area contributed by atoms with Gasteiger partial charge in [-0.15, -0.1) is 11.3 Å². The summed E-state index contributed by atoms with van der Waals surface area (Å²) < 4.78 is 27.0. The molecule has 2 N–H and O–H groups in total. The van der Waals surface area contributed by atoms with Gasteiger partial charge in [-0.1, -0.05) is 30.0 Å². The maximum absolute atomic E-state index is 13.4. The first-order valence-corrected chi connectivity index (χ1v) is 10.7. The van der Waals surface area contributed by atoms with Gasteiger partial charge in [0.05, 0.1) is 11.4 Å². The Kier molecular flexibility index (Phi) is 7.12. The molecule has 1 aromatic carbocycles. The molecule has 152 valence electrons. The number of hydrogen-bond donors (Lipinski definition) is 2. The minimum Gasteiger partial charge on any atom is -0.480 e. The SMILES string of the molecule is O=C(O)CNCCCN1C(=O)/C(=C/c2cc(-c3ccc(F)c(F)c3)cs2)SC1=S. The number of hydrogen-bond acceptors (Lipinski definition) is 6. The second kappa shape index (κ2) is 9.57. The summed E-state index contributed by atoms with van der Waals surface area (Å²) >= 11 is 7.87. The Labute approximate surface area is 179 Å². The molecule has 10 heteroatoms. The Bertz CT molecular complexity index is 991. The Morgan fingerprint density at radius 3 is 2.76 bits per heavy atom. The molecule has 0 atom stereocenters. The van der Waals surface area contributed by atoms with Crippen LogP contribution in [0.25, 0.3) is 17.2 Å². The van der Waals surface area contributed by atoms with Gasteiger partial charge in [0.2, 0.25) is 0 Å². The van der Waals surface area contributed by atoms with E-state index in [1.54, 1.807) is 12.1 Å². The number of aliphatic carboxylic acids is 1. The van der Waals surface area contributed by atoms with E-state index in [4.69, 9.17) is 17.3 Å². The van der Waals surface area contributed by atoms with Crippen LogP contribution in [0.2, 0.25) is 0 Å². The van der Waals surface area contributed by atoms with Crippen LogP contribution in [0.1, 0.15) is 11.3 Å². The van der Waals surface area contributed by atoms with Crippen molar-refractivity contribution in [3.8, 4) is 11.1 Å². The molecule has 1 amide bonds. The van der Waals surface area contributed by atoms with Crippen molar-refractivity contribution in [1.29, 1.82) is 0 Å². The number of nitrogens with one attached hydrogen (secondary N) is 1. The maximum Gasteiger partial charge on any atom is 0.317 e. The molecule has 1 saturated heterocycles. The van der Waals surface area contributed by atoms with Crippen molar-refractivity contribution < 1.29 is 23.5 Å². The molecule has 3 rings (SSSR count). The van der Waals surface area contributed by atoms with E-state index in [9.17, 15) is 18.4 Å². The average molecular weight is 455 g/mol. The van der Waals surface area contributed by atoms with Crippen molar-refractivity contribution in [3.63, 3.8) is 0 Å². The van der Waals surface area contributed by atoms with E-state index < -0.39 is 17.6 Å². The number of carbonyl (C=O) groups is 2. The normalized spacial score (nSPS) is 15.5. The molecule has 1 fully saturated rings. The summed E-state index contributed by atoms with van der Waals surface area (Å²) in [6.07, 6.45) is 2.31. The summed E-state index contributed by atoms with van der Waals surface area (Å²) in [7, 11) is 0. The molecule has 1 aromatic heterocycles. The third-order valence-electron chi connectivity index (χ3n) is 4.03. The molecule has 0 radical (unpaired) electrons. The zero-order valence-corrected chi connectivity index (χ0v) is 17.4. The molecule has 1 aliphatic heterocycles. The molecule has 2 heterocycles. The summed E-state index contributed by atoms with van der Waals surface area (Å²) in [4.78, 5) is 25.9. The first-order valence-electron chi connectivity index (χ1n) is 8.57. The van der Waals surface area contributed by atoms with Gasteiger partial charge in [-0.05, 0) is 53.7 Å². The van der Waals surface area contributed by atoms with Gasteiger partial charge in [-0.3, -0.25) is 14.5 Å². The van der Waals surface area contributed by atoms with Crippen LogP contribution in [0, 0.1) is 11.6 Å². The van der Waals surface area contributed by atoms with Crippen molar-refractivity contribution >= 4 is 57.6 Å². The number of thiocarbonyl (C=S) groups is 1. The van der Waals surface area contributed by atoms with Crippen LogP contribution in [-0.2, 0) is 9.59 Å². The smallest absolute Gasteiger partial charge is 0.317 e.